The van der Waals surface area contributed by atoms with E-state index in [2.05, 4.69) is 20.8 Å². The molecule has 3 rings (SSSR count). The van der Waals surface area contributed by atoms with Crippen LogP contribution in [0.25, 0.3) is 0 Å². The molecule has 0 spiro atoms. The van der Waals surface area contributed by atoms with Crippen LogP contribution >= 0.6 is 23.1 Å². The SMILES string of the molecule is CC(=O)c1cccc(NC(=O)[C@@H](C)Sc2nnc(Nc3ccc(C)cc3)s2)c1. The standard InChI is InChI=1S/C20H20N4O2S2/c1-12-7-9-16(10-8-12)22-19-23-24-20(28-19)27-14(3)18(26)21-17-6-4-5-15(11-17)13(2)25/h4-11,14H,1-3H3,(H,21,26)(H,22,23)/t14-/m1/s1. The van der Waals surface area contributed by atoms with Gasteiger partial charge >= 0.3 is 0 Å². The molecule has 0 radical (unpaired) electrons. The number of anilines is 3. The first-order valence-electron chi connectivity index (χ1n) is 8.66. The van der Waals surface area contributed by atoms with Gasteiger partial charge in [0.15, 0.2) is 10.1 Å². The molecule has 0 aliphatic rings. The monoisotopic (exact) mass is 412 g/mol. The summed E-state index contributed by atoms with van der Waals surface area (Å²) in [6, 6.07) is 14.9. The summed E-state index contributed by atoms with van der Waals surface area (Å²) in [6.07, 6.45) is 0. The zero-order chi connectivity index (χ0) is 20.1. The molecule has 0 fully saturated rings. The molecule has 2 N–H and O–H groups in total. The van der Waals surface area contributed by atoms with E-state index in [-0.39, 0.29) is 16.9 Å². The Labute approximate surface area is 171 Å². The third kappa shape index (κ3) is 5.40. The van der Waals surface area contributed by atoms with Crippen molar-refractivity contribution in [2.75, 3.05) is 10.6 Å². The van der Waals surface area contributed by atoms with Gasteiger partial charge in [-0.2, -0.15) is 0 Å². The van der Waals surface area contributed by atoms with Crippen molar-refractivity contribution in [1.29, 1.82) is 0 Å². The minimum atomic E-state index is -0.360. The van der Waals surface area contributed by atoms with Crippen LogP contribution in [-0.2, 0) is 4.79 Å². The first-order chi connectivity index (χ1) is 13.4. The molecule has 8 heteroatoms. The Morgan fingerprint density at radius 2 is 1.82 bits per heavy atom. The van der Waals surface area contributed by atoms with Crippen LogP contribution in [0.1, 0.15) is 29.8 Å². The molecule has 0 saturated heterocycles. The summed E-state index contributed by atoms with van der Waals surface area (Å²) in [5.41, 5.74) is 3.29. The smallest absolute Gasteiger partial charge is 0.237 e. The molecule has 1 heterocycles. The van der Waals surface area contributed by atoms with Gasteiger partial charge in [-0.25, -0.2) is 0 Å². The van der Waals surface area contributed by atoms with Crippen LogP contribution in [0.5, 0.6) is 0 Å². The fourth-order valence-electron chi connectivity index (χ4n) is 2.33. The number of aryl methyl sites for hydroxylation is 1. The summed E-state index contributed by atoms with van der Waals surface area (Å²) in [4.78, 5) is 23.9. The van der Waals surface area contributed by atoms with E-state index >= 15 is 0 Å². The quantitative estimate of drug-likeness (QED) is 0.424. The molecule has 144 valence electrons. The lowest BCUT2D eigenvalue weighted by atomic mass is 10.1. The molecule has 1 atom stereocenters. The highest BCUT2D eigenvalue weighted by molar-refractivity contribution is 8.02. The van der Waals surface area contributed by atoms with Crippen molar-refractivity contribution in [2.45, 2.75) is 30.4 Å². The number of Topliss-reactive ketones (excluding diaryl/α,β-unsaturated/α-hetero) is 1. The molecule has 0 aliphatic heterocycles. The predicted octanol–water partition coefficient (Wildman–Crippen LogP) is 4.91. The third-order valence-electron chi connectivity index (χ3n) is 3.89. The number of carbonyl (C=O) groups excluding carboxylic acids is 2. The number of rotatable bonds is 7. The van der Waals surface area contributed by atoms with Crippen molar-refractivity contribution in [3.8, 4) is 0 Å². The van der Waals surface area contributed by atoms with Crippen molar-refractivity contribution < 1.29 is 9.59 Å². The van der Waals surface area contributed by atoms with E-state index in [1.165, 1.54) is 35.6 Å². The number of benzene rings is 2. The Bertz CT molecular complexity index is 986. The minimum Gasteiger partial charge on any atom is -0.330 e. The van der Waals surface area contributed by atoms with Gasteiger partial charge in [-0.05, 0) is 45.0 Å². The van der Waals surface area contributed by atoms with E-state index in [1.807, 2.05) is 38.1 Å². The number of hydrogen-bond acceptors (Lipinski definition) is 7. The zero-order valence-corrected chi connectivity index (χ0v) is 17.4. The summed E-state index contributed by atoms with van der Waals surface area (Å²) < 4.78 is 0.703. The topological polar surface area (TPSA) is 84.0 Å². The van der Waals surface area contributed by atoms with Gasteiger partial charge in [0.05, 0.1) is 5.25 Å². The molecule has 1 aromatic heterocycles. The van der Waals surface area contributed by atoms with Crippen LogP contribution in [0.3, 0.4) is 0 Å². The van der Waals surface area contributed by atoms with Crippen molar-refractivity contribution in [3.63, 3.8) is 0 Å². The fraction of sp³-hybridized carbons (Fsp3) is 0.200. The second kappa shape index (κ2) is 8.99. The normalized spacial score (nSPS) is 11.7. The lowest BCUT2D eigenvalue weighted by molar-refractivity contribution is -0.115. The Morgan fingerprint density at radius 1 is 1.07 bits per heavy atom. The maximum absolute atomic E-state index is 12.5. The molecular weight excluding hydrogens is 392 g/mol. The molecular formula is C20H20N4O2S2. The number of carbonyl (C=O) groups is 2. The van der Waals surface area contributed by atoms with Crippen LogP contribution in [-0.4, -0.2) is 27.1 Å². The number of nitrogens with zero attached hydrogens (tertiary/aromatic N) is 2. The first-order valence-corrected chi connectivity index (χ1v) is 10.4. The summed E-state index contributed by atoms with van der Waals surface area (Å²) in [7, 11) is 0. The summed E-state index contributed by atoms with van der Waals surface area (Å²) in [5, 5.41) is 14.6. The fourth-order valence-corrected chi connectivity index (χ4v) is 4.25. The van der Waals surface area contributed by atoms with E-state index in [4.69, 9.17) is 0 Å². The molecule has 3 aromatic rings. The highest BCUT2D eigenvalue weighted by Crippen LogP contribution is 2.31. The van der Waals surface area contributed by atoms with Crippen molar-refractivity contribution in [2.24, 2.45) is 0 Å². The molecule has 6 nitrogen and oxygen atoms in total. The number of hydrogen-bond donors (Lipinski definition) is 2. The van der Waals surface area contributed by atoms with Gasteiger partial charge in [0.1, 0.15) is 0 Å². The molecule has 0 saturated carbocycles. The maximum Gasteiger partial charge on any atom is 0.237 e. The van der Waals surface area contributed by atoms with E-state index in [1.54, 1.807) is 24.3 Å². The van der Waals surface area contributed by atoms with Gasteiger partial charge in [0.25, 0.3) is 0 Å². The van der Waals surface area contributed by atoms with E-state index in [0.29, 0.717) is 20.7 Å². The zero-order valence-electron chi connectivity index (χ0n) is 15.7. The van der Waals surface area contributed by atoms with Crippen molar-refractivity contribution in [1.82, 2.24) is 10.2 Å². The minimum absolute atomic E-state index is 0.0408. The maximum atomic E-state index is 12.5. The van der Waals surface area contributed by atoms with Gasteiger partial charge in [0.2, 0.25) is 11.0 Å². The van der Waals surface area contributed by atoms with Gasteiger partial charge in [-0.1, -0.05) is 52.9 Å². The lowest BCUT2D eigenvalue weighted by Gasteiger charge is -2.10. The Balaban J connectivity index is 1.58. The summed E-state index contributed by atoms with van der Waals surface area (Å²) in [5.74, 6) is -0.199. The van der Waals surface area contributed by atoms with Crippen LogP contribution in [0, 0.1) is 6.92 Å². The number of ketones is 1. The van der Waals surface area contributed by atoms with Crippen LogP contribution in [0.15, 0.2) is 52.9 Å². The summed E-state index contributed by atoms with van der Waals surface area (Å²) in [6.45, 7) is 5.34. The van der Waals surface area contributed by atoms with Crippen molar-refractivity contribution >= 4 is 51.3 Å². The van der Waals surface area contributed by atoms with Crippen molar-refractivity contribution in [3.05, 3.63) is 59.7 Å². The average molecular weight is 413 g/mol. The average Bonchev–Trinajstić information content (AvgIpc) is 3.10. The van der Waals surface area contributed by atoms with Gasteiger partial charge < -0.3 is 10.6 Å². The highest BCUT2D eigenvalue weighted by atomic mass is 32.2. The predicted molar refractivity (Wildman–Crippen MR) is 115 cm³/mol. The Hall–Kier alpha value is -2.71. The number of nitrogens with one attached hydrogen (secondary N) is 2. The lowest BCUT2D eigenvalue weighted by Crippen LogP contribution is -2.22. The second-order valence-electron chi connectivity index (χ2n) is 6.25. The molecule has 0 aliphatic carbocycles. The van der Waals surface area contributed by atoms with E-state index < -0.39 is 0 Å². The molecule has 0 bridgehead atoms. The number of amides is 1. The van der Waals surface area contributed by atoms with E-state index in [9.17, 15) is 9.59 Å². The second-order valence-corrected chi connectivity index (χ2v) is 8.82. The molecule has 2 aromatic carbocycles. The molecule has 0 unspecified atom stereocenters. The molecule has 1 amide bonds. The van der Waals surface area contributed by atoms with Crippen LogP contribution in [0.2, 0.25) is 0 Å². The first kappa shape index (κ1) is 20.0. The van der Waals surface area contributed by atoms with Crippen LogP contribution < -0.4 is 10.6 Å². The van der Waals surface area contributed by atoms with Gasteiger partial charge in [-0.15, -0.1) is 10.2 Å². The molecule has 28 heavy (non-hydrogen) atoms. The largest absolute Gasteiger partial charge is 0.330 e. The van der Waals surface area contributed by atoms with Crippen LogP contribution in [0.4, 0.5) is 16.5 Å². The third-order valence-corrected chi connectivity index (χ3v) is 5.92. The van der Waals surface area contributed by atoms with Gasteiger partial charge in [0, 0.05) is 16.9 Å². The van der Waals surface area contributed by atoms with E-state index in [0.717, 1.165) is 5.69 Å². The highest BCUT2D eigenvalue weighted by Gasteiger charge is 2.18. The number of aromatic nitrogens is 2. The number of thioether (sulfide) groups is 1. The van der Waals surface area contributed by atoms with Gasteiger partial charge in [-0.3, -0.25) is 9.59 Å². The Kier molecular flexibility index (Phi) is 6.43. The summed E-state index contributed by atoms with van der Waals surface area (Å²) >= 11 is 2.74. The Morgan fingerprint density at radius 3 is 2.54 bits per heavy atom.